The minimum Gasteiger partial charge on any atom is -1.00 e. The molecule has 5 heteroatoms. The van der Waals surface area contributed by atoms with Gasteiger partial charge in [-0.15, -0.1) is 0 Å². The topological polar surface area (TPSA) is 20.2 Å². The van der Waals surface area contributed by atoms with E-state index in [4.69, 9.17) is 0 Å². The Morgan fingerprint density at radius 2 is 1.10 bits per heavy atom. The molecule has 0 aliphatic heterocycles. The van der Waals surface area contributed by atoms with Gasteiger partial charge in [-0.3, -0.25) is 8.97 Å². The summed E-state index contributed by atoms with van der Waals surface area (Å²) in [6.45, 7) is 13.1. The number of phenolic OH excluding ortho intramolecular Hbond substituents is 1. The van der Waals surface area contributed by atoms with Gasteiger partial charge in [-0.25, -0.2) is 0 Å². The maximum absolute atomic E-state index is 10.5. The highest BCUT2D eigenvalue weighted by atomic mass is 127. The van der Waals surface area contributed by atoms with E-state index in [2.05, 4.69) is 78.2 Å². The quantitative estimate of drug-likeness (QED) is 0.205. The minimum absolute atomic E-state index is 0. The number of hydrogen-bond donors (Lipinski definition) is 1. The molecule has 2 aromatic carbocycles. The predicted octanol–water partition coefficient (Wildman–Crippen LogP) is -0.0806. The third-order valence-electron chi connectivity index (χ3n) is 7.15. The van der Waals surface area contributed by atoms with E-state index in [1.165, 1.54) is 23.2 Å². The third kappa shape index (κ3) is 7.86. The number of quaternary nitrogens is 2. The van der Waals surface area contributed by atoms with Gasteiger partial charge < -0.3 is 53.1 Å². The number of halogens is 2. The molecule has 0 atom stereocenters. The van der Waals surface area contributed by atoms with Crippen LogP contribution in [0, 0.1) is 0 Å². The molecule has 2 aromatic rings. The van der Waals surface area contributed by atoms with Crippen LogP contribution in [0.4, 0.5) is 11.4 Å². The number of benzene rings is 2. The van der Waals surface area contributed by atoms with Crippen LogP contribution in [0.1, 0.15) is 51.7 Å². The monoisotopic (exact) mass is 652 g/mol. The van der Waals surface area contributed by atoms with Gasteiger partial charge in [0, 0.05) is 6.07 Å². The summed E-state index contributed by atoms with van der Waals surface area (Å²) < 4.78 is 1.77. The van der Waals surface area contributed by atoms with Gasteiger partial charge in [0.1, 0.15) is 5.69 Å². The number of unbranched alkanes of at least 4 members (excludes halogenated alkanes) is 1. The lowest BCUT2D eigenvalue weighted by Gasteiger charge is -2.32. The highest BCUT2D eigenvalue weighted by Gasteiger charge is 2.24. The van der Waals surface area contributed by atoms with Crippen molar-refractivity contribution in [2.45, 2.75) is 53.4 Å². The first-order valence-electron chi connectivity index (χ1n) is 11.4. The SMILES string of the molecule is CC[N+](C)(CC)c1ccc(CCCCc2ccc([N+](C)(CC)CC)c(O)c2)cc1.[I-].[I-]. The minimum atomic E-state index is 0. The first kappa shape index (κ1) is 30.6. The number of rotatable bonds is 11. The van der Waals surface area contributed by atoms with Crippen LogP contribution in [0.2, 0.25) is 0 Å². The van der Waals surface area contributed by atoms with Crippen molar-refractivity contribution in [3.05, 3.63) is 53.6 Å². The van der Waals surface area contributed by atoms with Gasteiger partial charge in [-0.1, -0.05) is 18.2 Å². The van der Waals surface area contributed by atoms with Crippen LogP contribution in [0.25, 0.3) is 0 Å². The second-order valence-electron chi connectivity index (χ2n) is 8.75. The number of aromatic hydroxyl groups is 1. The average Bonchev–Trinajstić information content (AvgIpc) is 2.76. The summed E-state index contributed by atoms with van der Waals surface area (Å²) in [5.74, 6) is 0.442. The largest absolute Gasteiger partial charge is 1.00 e. The highest BCUT2D eigenvalue weighted by molar-refractivity contribution is 5.56. The van der Waals surface area contributed by atoms with E-state index >= 15 is 0 Å². The molecule has 0 spiro atoms. The van der Waals surface area contributed by atoms with Crippen molar-refractivity contribution in [1.29, 1.82) is 0 Å². The van der Waals surface area contributed by atoms with Crippen LogP contribution < -0.4 is 56.9 Å². The zero-order valence-electron chi connectivity index (χ0n) is 20.3. The fraction of sp³-hybridized carbons (Fsp3) is 0.538. The van der Waals surface area contributed by atoms with Crippen LogP contribution in [0.15, 0.2) is 42.5 Å². The Morgan fingerprint density at radius 3 is 1.55 bits per heavy atom. The maximum atomic E-state index is 10.5. The van der Waals surface area contributed by atoms with Gasteiger partial charge in [-0.2, -0.15) is 0 Å². The lowest BCUT2D eigenvalue weighted by molar-refractivity contribution is -0.001000. The Bertz CT molecular complexity index is 769. The zero-order valence-corrected chi connectivity index (χ0v) is 24.6. The van der Waals surface area contributed by atoms with Crippen molar-refractivity contribution in [2.24, 2.45) is 0 Å². The van der Waals surface area contributed by atoms with E-state index in [-0.39, 0.29) is 48.0 Å². The van der Waals surface area contributed by atoms with E-state index in [1.54, 1.807) is 0 Å². The number of phenols is 1. The number of nitrogens with zero attached hydrogens (tertiary/aromatic N) is 2. The molecule has 0 aromatic heterocycles. The van der Waals surface area contributed by atoms with Crippen LogP contribution in [-0.4, -0.2) is 45.4 Å². The normalized spacial score (nSPS) is 11.5. The van der Waals surface area contributed by atoms with Crippen molar-refractivity contribution in [3.63, 3.8) is 0 Å². The van der Waals surface area contributed by atoms with Gasteiger partial charge in [0.25, 0.3) is 0 Å². The van der Waals surface area contributed by atoms with E-state index in [9.17, 15) is 5.11 Å². The first-order valence-corrected chi connectivity index (χ1v) is 11.4. The molecule has 0 aliphatic carbocycles. The average molecular weight is 652 g/mol. The van der Waals surface area contributed by atoms with Crippen LogP contribution in [0.5, 0.6) is 5.75 Å². The van der Waals surface area contributed by atoms with E-state index in [1.807, 2.05) is 6.07 Å². The zero-order chi connectivity index (χ0) is 21.5. The van der Waals surface area contributed by atoms with E-state index in [0.29, 0.717) is 5.75 Å². The standard InChI is InChI=1S/C26H41N2O.2HI/c1-7-27(5,8-2)24-18-15-22(16-19-24)13-11-12-14-23-17-20-25(26(29)21-23)28(6,9-3)10-4;;/h15-21H,7-14H2,1-6H3;2*1H/q+1;;/p-1. The molecule has 2 rings (SSSR count). The lowest BCUT2D eigenvalue weighted by Crippen LogP contribution is -3.00. The summed E-state index contributed by atoms with van der Waals surface area (Å²) in [4.78, 5) is 0. The summed E-state index contributed by atoms with van der Waals surface area (Å²) in [6, 6.07) is 15.5. The van der Waals surface area contributed by atoms with Crippen molar-refractivity contribution in [1.82, 2.24) is 8.97 Å². The molecular weight excluding hydrogens is 610 g/mol. The smallest absolute Gasteiger partial charge is 0.177 e. The van der Waals surface area contributed by atoms with Gasteiger partial charge in [0.2, 0.25) is 0 Å². The molecular formula is C26H42I2N2O. The van der Waals surface area contributed by atoms with Crippen LogP contribution in [0.3, 0.4) is 0 Å². The molecule has 0 fully saturated rings. The van der Waals surface area contributed by atoms with Gasteiger partial charge >= 0.3 is 0 Å². The predicted molar refractivity (Wildman–Crippen MR) is 129 cm³/mol. The van der Waals surface area contributed by atoms with Gasteiger partial charge in [0.15, 0.2) is 11.4 Å². The van der Waals surface area contributed by atoms with Crippen molar-refractivity contribution >= 4 is 11.4 Å². The fourth-order valence-electron chi connectivity index (χ4n) is 4.01. The molecule has 0 saturated heterocycles. The Hall–Kier alpha value is -0.380. The molecule has 31 heavy (non-hydrogen) atoms. The summed E-state index contributed by atoms with van der Waals surface area (Å²) in [7, 11) is 4.49. The van der Waals surface area contributed by atoms with Gasteiger partial charge in [0.05, 0.1) is 40.3 Å². The maximum Gasteiger partial charge on any atom is 0.177 e. The van der Waals surface area contributed by atoms with Gasteiger partial charge in [-0.05, 0) is 82.7 Å². The van der Waals surface area contributed by atoms with E-state index in [0.717, 1.165) is 60.1 Å². The molecule has 0 amide bonds. The van der Waals surface area contributed by atoms with Crippen molar-refractivity contribution < 1.29 is 53.1 Å². The highest BCUT2D eigenvalue weighted by Crippen LogP contribution is 2.32. The molecule has 0 saturated carbocycles. The summed E-state index contributed by atoms with van der Waals surface area (Å²) in [5.41, 5.74) is 5.09. The Labute approximate surface area is 225 Å². The van der Waals surface area contributed by atoms with Crippen LogP contribution >= 0.6 is 0 Å². The van der Waals surface area contributed by atoms with E-state index < -0.39 is 0 Å². The lowest BCUT2D eigenvalue weighted by atomic mass is 10.0. The second-order valence-corrected chi connectivity index (χ2v) is 8.75. The third-order valence-corrected chi connectivity index (χ3v) is 7.15. The molecule has 0 heterocycles. The van der Waals surface area contributed by atoms with Crippen molar-refractivity contribution in [3.8, 4) is 5.75 Å². The van der Waals surface area contributed by atoms with Crippen LogP contribution in [-0.2, 0) is 12.8 Å². The Balaban J connectivity index is 0.00000450. The molecule has 0 radical (unpaired) electrons. The molecule has 0 unspecified atom stereocenters. The Kier molecular flexibility index (Phi) is 13.8. The summed E-state index contributed by atoms with van der Waals surface area (Å²) in [5, 5.41) is 10.5. The summed E-state index contributed by atoms with van der Waals surface area (Å²) in [6.07, 6.45) is 4.46. The molecule has 0 bridgehead atoms. The molecule has 176 valence electrons. The molecule has 1 N–H and O–H groups in total. The first-order chi connectivity index (χ1) is 13.8. The summed E-state index contributed by atoms with van der Waals surface area (Å²) >= 11 is 0. The number of aryl methyl sites for hydroxylation is 2. The molecule has 3 nitrogen and oxygen atoms in total. The fourth-order valence-corrected chi connectivity index (χ4v) is 4.01. The Morgan fingerprint density at radius 1 is 0.645 bits per heavy atom. The van der Waals surface area contributed by atoms with Crippen molar-refractivity contribution in [2.75, 3.05) is 40.3 Å². The number of hydrogen-bond acceptors (Lipinski definition) is 1. The molecule has 0 aliphatic rings. The second kappa shape index (κ2) is 14.0.